The van der Waals surface area contributed by atoms with Crippen LogP contribution in [0.5, 0.6) is 5.75 Å². The van der Waals surface area contributed by atoms with Crippen molar-refractivity contribution in [3.05, 3.63) is 28.8 Å². The first-order valence-corrected chi connectivity index (χ1v) is 9.21. The van der Waals surface area contributed by atoms with Crippen molar-refractivity contribution in [3.63, 3.8) is 0 Å². The summed E-state index contributed by atoms with van der Waals surface area (Å²) in [4.78, 5) is 0. The minimum Gasteiger partial charge on any atom is -0.496 e. The fraction of sp³-hybridized carbons (Fsp3) is 0.667. The van der Waals surface area contributed by atoms with Gasteiger partial charge < -0.3 is 10.1 Å². The number of hydrogen-bond donors (Lipinski definition) is 1. The number of hydrogen-bond acceptors (Lipinski definition) is 3. The lowest BCUT2D eigenvalue weighted by atomic mass is 10.00. The predicted molar refractivity (Wildman–Crippen MR) is 93.6 cm³/mol. The van der Waals surface area contributed by atoms with Crippen molar-refractivity contribution in [2.75, 3.05) is 19.4 Å². The number of thioether (sulfide) groups is 1. The maximum atomic E-state index is 5.71. The van der Waals surface area contributed by atoms with E-state index >= 15 is 0 Å². The number of methoxy groups -OCH3 is 1. The van der Waals surface area contributed by atoms with Gasteiger partial charge in [-0.2, -0.15) is 11.8 Å². The van der Waals surface area contributed by atoms with Crippen molar-refractivity contribution in [2.45, 2.75) is 57.7 Å². The SMILES string of the molecule is CCNC(CSC1CCCC1)c1ccc(C)c(C)c1OC. The third-order valence-electron chi connectivity index (χ3n) is 4.54. The molecule has 1 aromatic carbocycles. The Labute approximate surface area is 134 Å². The van der Waals surface area contributed by atoms with E-state index in [4.69, 9.17) is 4.74 Å². The summed E-state index contributed by atoms with van der Waals surface area (Å²) in [5, 5.41) is 4.51. The molecule has 21 heavy (non-hydrogen) atoms. The Morgan fingerprint density at radius 1 is 1.29 bits per heavy atom. The van der Waals surface area contributed by atoms with Crippen LogP contribution in [0.1, 0.15) is 55.3 Å². The van der Waals surface area contributed by atoms with E-state index in [1.165, 1.54) is 42.4 Å². The number of benzene rings is 1. The molecule has 0 spiro atoms. The highest BCUT2D eigenvalue weighted by Crippen LogP contribution is 2.36. The fourth-order valence-electron chi connectivity index (χ4n) is 3.15. The van der Waals surface area contributed by atoms with Crippen molar-refractivity contribution in [1.29, 1.82) is 0 Å². The molecule has 1 aliphatic carbocycles. The zero-order valence-electron chi connectivity index (χ0n) is 13.9. The van der Waals surface area contributed by atoms with Gasteiger partial charge in [-0.1, -0.05) is 31.9 Å². The van der Waals surface area contributed by atoms with Crippen LogP contribution in [-0.2, 0) is 0 Å². The third-order valence-corrected chi connectivity index (χ3v) is 6.01. The van der Waals surface area contributed by atoms with Gasteiger partial charge in [0.1, 0.15) is 5.75 Å². The zero-order chi connectivity index (χ0) is 15.2. The van der Waals surface area contributed by atoms with Gasteiger partial charge in [-0.15, -0.1) is 0 Å². The summed E-state index contributed by atoms with van der Waals surface area (Å²) >= 11 is 2.14. The Morgan fingerprint density at radius 3 is 2.62 bits per heavy atom. The second-order valence-electron chi connectivity index (χ2n) is 5.98. The quantitative estimate of drug-likeness (QED) is 0.793. The van der Waals surface area contributed by atoms with Gasteiger partial charge in [0.05, 0.1) is 7.11 Å². The molecule has 1 unspecified atom stereocenters. The Bertz CT molecular complexity index is 455. The number of nitrogens with one attached hydrogen (secondary N) is 1. The van der Waals surface area contributed by atoms with E-state index in [0.717, 1.165) is 23.3 Å². The molecule has 0 saturated heterocycles. The second-order valence-corrected chi connectivity index (χ2v) is 7.31. The van der Waals surface area contributed by atoms with Crippen LogP contribution in [0, 0.1) is 13.8 Å². The molecule has 2 rings (SSSR count). The zero-order valence-corrected chi connectivity index (χ0v) is 14.7. The molecule has 0 bridgehead atoms. The van der Waals surface area contributed by atoms with E-state index in [9.17, 15) is 0 Å². The van der Waals surface area contributed by atoms with Crippen LogP contribution in [0.25, 0.3) is 0 Å². The molecule has 0 amide bonds. The minimum atomic E-state index is 0.384. The molecule has 1 atom stereocenters. The lowest BCUT2D eigenvalue weighted by Gasteiger charge is -2.23. The number of rotatable bonds is 7. The first-order chi connectivity index (χ1) is 10.2. The normalized spacial score (nSPS) is 17.1. The standard InChI is InChI=1S/C18H29NOS/c1-5-19-17(12-21-15-8-6-7-9-15)16-11-10-13(2)14(3)18(16)20-4/h10-11,15,17,19H,5-9,12H2,1-4H3. The van der Waals surface area contributed by atoms with Crippen LogP contribution in [0.4, 0.5) is 0 Å². The summed E-state index contributed by atoms with van der Waals surface area (Å²) in [6, 6.07) is 4.84. The van der Waals surface area contributed by atoms with Crippen LogP contribution >= 0.6 is 11.8 Å². The largest absolute Gasteiger partial charge is 0.496 e. The van der Waals surface area contributed by atoms with Gasteiger partial charge in [0, 0.05) is 22.6 Å². The molecule has 1 saturated carbocycles. The molecule has 1 aliphatic rings. The topological polar surface area (TPSA) is 21.3 Å². The molecule has 0 radical (unpaired) electrons. The van der Waals surface area contributed by atoms with Gasteiger partial charge in [0.25, 0.3) is 0 Å². The molecule has 1 aromatic rings. The summed E-state index contributed by atoms with van der Waals surface area (Å²) in [6.45, 7) is 7.48. The molecule has 0 aliphatic heterocycles. The maximum Gasteiger partial charge on any atom is 0.126 e. The van der Waals surface area contributed by atoms with Gasteiger partial charge in [0.2, 0.25) is 0 Å². The molecular weight excluding hydrogens is 278 g/mol. The highest BCUT2D eigenvalue weighted by atomic mass is 32.2. The molecule has 2 nitrogen and oxygen atoms in total. The van der Waals surface area contributed by atoms with Crippen molar-refractivity contribution >= 4 is 11.8 Å². The van der Waals surface area contributed by atoms with Crippen molar-refractivity contribution in [2.24, 2.45) is 0 Å². The minimum absolute atomic E-state index is 0.384. The van der Waals surface area contributed by atoms with E-state index in [-0.39, 0.29) is 0 Å². The van der Waals surface area contributed by atoms with E-state index in [1.54, 1.807) is 7.11 Å². The third kappa shape index (κ3) is 4.17. The predicted octanol–water partition coefficient (Wildman–Crippen LogP) is 4.64. The van der Waals surface area contributed by atoms with Crippen LogP contribution in [0.15, 0.2) is 12.1 Å². The van der Waals surface area contributed by atoms with Gasteiger partial charge in [-0.25, -0.2) is 0 Å². The van der Waals surface area contributed by atoms with Gasteiger partial charge in [-0.05, 0) is 44.4 Å². The van der Waals surface area contributed by atoms with E-state index in [1.807, 2.05) is 0 Å². The van der Waals surface area contributed by atoms with Crippen LogP contribution < -0.4 is 10.1 Å². The second kappa shape index (κ2) is 8.09. The average molecular weight is 308 g/mol. The molecule has 1 N–H and O–H groups in total. The van der Waals surface area contributed by atoms with E-state index in [2.05, 4.69) is 50.0 Å². The van der Waals surface area contributed by atoms with Crippen molar-refractivity contribution in [1.82, 2.24) is 5.32 Å². The molecule has 3 heteroatoms. The van der Waals surface area contributed by atoms with Crippen molar-refractivity contribution < 1.29 is 4.74 Å². The summed E-state index contributed by atoms with van der Waals surface area (Å²) < 4.78 is 5.71. The summed E-state index contributed by atoms with van der Waals surface area (Å²) in [6.07, 6.45) is 5.62. The Balaban J connectivity index is 2.14. The molecule has 1 fully saturated rings. The van der Waals surface area contributed by atoms with Gasteiger partial charge in [-0.3, -0.25) is 0 Å². The highest BCUT2D eigenvalue weighted by molar-refractivity contribution is 7.99. The summed E-state index contributed by atoms with van der Waals surface area (Å²) in [7, 11) is 1.79. The number of aryl methyl sites for hydroxylation is 1. The lowest BCUT2D eigenvalue weighted by molar-refractivity contribution is 0.399. The van der Waals surface area contributed by atoms with Gasteiger partial charge >= 0.3 is 0 Å². The lowest BCUT2D eigenvalue weighted by Crippen LogP contribution is -2.24. The number of ether oxygens (including phenoxy) is 1. The molecule has 0 heterocycles. The fourth-order valence-corrected chi connectivity index (χ4v) is 4.58. The van der Waals surface area contributed by atoms with Gasteiger partial charge in [0.15, 0.2) is 0 Å². The van der Waals surface area contributed by atoms with E-state index in [0.29, 0.717) is 6.04 Å². The van der Waals surface area contributed by atoms with Crippen LogP contribution in [0.2, 0.25) is 0 Å². The maximum absolute atomic E-state index is 5.71. The Morgan fingerprint density at radius 2 is 2.00 bits per heavy atom. The summed E-state index contributed by atoms with van der Waals surface area (Å²) in [5.74, 6) is 2.20. The molecule has 118 valence electrons. The smallest absolute Gasteiger partial charge is 0.126 e. The molecular formula is C18H29NOS. The average Bonchev–Trinajstić information content (AvgIpc) is 2.99. The highest BCUT2D eigenvalue weighted by Gasteiger charge is 2.21. The molecule has 0 aromatic heterocycles. The summed E-state index contributed by atoms with van der Waals surface area (Å²) in [5.41, 5.74) is 3.88. The van der Waals surface area contributed by atoms with Crippen LogP contribution in [-0.4, -0.2) is 24.7 Å². The van der Waals surface area contributed by atoms with Crippen molar-refractivity contribution in [3.8, 4) is 5.75 Å². The first kappa shape index (κ1) is 16.7. The van der Waals surface area contributed by atoms with E-state index < -0.39 is 0 Å². The first-order valence-electron chi connectivity index (χ1n) is 8.16. The Hall–Kier alpha value is -0.670. The monoisotopic (exact) mass is 307 g/mol. The van der Waals surface area contributed by atoms with Crippen LogP contribution in [0.3, 0.4) is 0 Å². The Kier molecular flexibility index (Phi) is 6.43.